The van der Waals surface area contributed by atoms with Crippen LogP contribution in [0.1, 0.15) is 6.42 Å². The van der Waals surface area contributed by atoms with Gasteiger partial charge < -0.3 is 9.64 Å². The van der Waals surface area contributed by atoms with Crippen LogP contribution >= 0.6 is 15.9 Å². The smallest absolute Gasteiger partial charge is 0.232 e. The van der Waals surface area contributed by atoms with Gasteiger partial charge in [0.05, 0.1) is 12.8 Å². The predicted octanol–water partition coefficient (Wildman–Crippen LogP) is 2.68. The average Bonchev–Trinajstić information content (AvgIpc) is 2.95. The van der Waals surface area contributed by atoms with Crippen LogP contribution in [0, 0.1) is 11.7 Å². The van der Waals surface area contributed by atoms with Gasteiger partial charge in [-0.2, -0.15) is 0 Å². The Labute approximate surface area is 130 Å². The van der Waals surface area contributed by atoms with E-state index in [-0.39, 0.29) is 5.82 Å². The van der Waals surface area contributed by atoms with Gasteiger partial charge in [-0.25, -0.2) is 14.4 Å². The number of rotatable bonds is 4. The fourth-order valence-electron chi connectivity index (χ4n) is 2.36. The van der Waals surface area contributed by atoms with Crippen molar-refractivity contribution < 1.29 is 9.13 Å². The third-order valence-electron chi connectivity index (χ3n) is 3.38. The van der Waals surface area contributed by atoms with Crippen LogP contribution in [0.4, 0.5) is 10.2 Å². The molecule has 1 aliphatic heterocycles. The van der Waals surface area contributed by atoms with E-state index in [0.29, 0.717) is 28.7 Å². The maximum Gasteiger partial charge on any atom is 0.232 e. The zero-order valence-corrected chi connectivity index (χ0v) is 12.8. The highest BCUT2D eigenvalue weighted by Crippen LogP contribution is 2.26. The molecule has 0 amide bonds. The summed E-state index contributed by atoms with van der Waals surface area (Å²) in [5.41, 5.74) is 0. The molecule has 0 spiro atoms. The van der Waals surface area contributed by atoms with Gasteiger partial charge in [0.15, 0.2) is 11.6 Å². The molecule has 1 unspecified atom stereocenters. The van der Waals surface area contributed by atoms with E-state index >= 15 is 0 Å². The largest absolute Gasteiger partial charge is 0.476 e. The van der Waals surface area contributed by atoms with Gasteiger partial charge in [-0.05, 0) is 28.4 Å². The molecule has 5 nitrogen and oxygen atoms in total. The Balaban J connectivity index is 1.58. The molecule has 0 bridgehead atoms. The van der Waals surface area contributed by atoms with Crippen LogP contribution in [0.2, 0.25) is 0 Å². The molecule has 1 fully saturated rings. The predicted molar refractivity (Wildman–Crippen MR) is 79.7 cm³/mol. The molecule has 3 rings (SSSR count). The molecule has 7 heteroatoms. The maximum absolute atomic E-state index is 13.9. The van der Waals surface area contributed by atoms with E-state index < -0.39 is 0 Å². The normalized spacial score (nSPS) is 18.0. The lowest BCUT2D eigenvalue weighted by Crippen LogP contribution is -2.23. The molecule has 0 aliphatic carbocycles. The Bertz CT molecular complexity index is 613. The van der Waals surface area contributed by atoms with Gasteiger partial charge in [0.2, 0.25) is 5.88 Å². The highest BCUT2D eigenvalue weighted by atomic mass is 79.9. The van der Waals surface area contributed by atoms with E-state index in [9.17, 15) is 4.39 Å². The van der Waals surface area contributed by atoms with Gasteiger partial charge in [-0.3, -0.25) is 4.98 Å². The summed E-state index contributed by atoms with van der Waals surface area (Å²) in [6, 6.07) is 1.44. The number of aromatic nitrogens is 3. The molecule has 0 aromatic carbocycles. The van der Waals surface area contributed by atoms with Crippen molar-refractivity contribution in [3.05, 3.63) is 41.1 Å². The fourth-order valence-corrected chi connectivity index (χ4v) is 2.67. The summed E-state index contributed by atoms with van der Waals surface area (Å²) in [5.74, 6) is 0.945. The molecule has 1 saturated heterocycles. The van der Waals surface area contributed by atoms with Crippen molar-refractivity contribution >= 4 is 21.7 Å². The maximum atomic E-state index is 13.9. The van der Waals surface area contributed by atoms with Gasteiger partial charge in [-0.15, -0.1) is 0 Å². The summed E-state index contributed by atoms with van der Waals surface area (Å²) >= 11 is 3.21. The van der Waals surface area contributed by atoms with Crippen LogP contribution in [0.25, 0.3) is 0 Å². The Morgan fingerprint density at radius 2 is 2.24 bits per heavy atom. The van der Waals surface area contributed by atoms with E-state index in [1.807, 2.05) is 4.90 Å². The molecular formula is C14H14BrFN4O. The van der Waals surface area contributed by atoms with Crippen molar-refractivity contribution in [2.24, 2.45) is 5.92 Å². The lowest BCUT2D eigenvalue weighted by atomic mass is 10.1. The molecule has 110 valence electrons. The van der Waals surface area contributed by atoms with Crippen LogP contribution in [0.5, 0.6) is 5.88 Å². The van der Waals surface area contributed by atoms with Crippen molar-refractivity contribution in [3.8, 4) is 5.88 Å². The first-order valence-corrected chi connectivity index (χ1v) is 7.46. The monoisotopic (exact) mass is 352 g/mol. The summed E-state index contributed by atoms with van der Waals surface area (Å²) in [6.07, 6.45) is 7.34. The molecule has 0 saturated carbocycles. The van der Waals surface area contributed by atoms with Crippen molar-refractivity contribution in [2.45, 2.75) is 6.42 Å². The first kappa shape index (κ1) is 14.2. The van der Waals surface area contributed by atoms with Crippen molar-refractivity contribution in [1.29, 1.82) is 0 Å². The summed E-state index contributed by atoms with van der Waals surface area (Å²) in [5, 5.41) is 0. The Morgan fingerprint density at radius 3 is 3.00 bits per heavy atom. The first-order valence-electron chi connectivity index (χ1n) is 6.67. The van der Waals surface area contributed by atoms with Crippen molar-refractivity contribution in [2.75, 3.05) is 24.6 Å². The van der Waals surface area contributed by atoms with E-state index in [1.54, 1.807) is 24.8 Å². The highest BCUT2D eigenvalue weighted by molar-refractivity contribution is 9.10. The highest BCUT2D eigenvalue weighted by Gasteiger charge is 2.26. The van der Waals surface area contributed by atoms with Gasteiger partial charge in [0.1, 0.15) is 0 Å². The van der Waals surface area contributed by atoms with Crippen LogP contribution < -0.4 is 9.64 Å². The first-order chi connectivity index (χ1) is 10.2. The fraction of sp³-hybridized carbons (Fsp3) is 0.357. The van der Waals surface area contributed by atoms with E-state index in [1.165, 1.54) is 6.07 Å². The van der Waals surface area contributed by atoms with Gasteiger partial charge in [0.25, 0.3) is 0 Å². The quantitative estimate of drug-likeness (QED) is 0.846. The molecule has 21 heavy (non-hydrogen) atoms. The van der Waals surface area contributed by atoms with E-state index in [0.717, 1.165) is 19.5 Å². The van der Waals surface area contributed by atoms with Crippen LogP contribution in [-0.4, -0.2) is 34.6 Å². The van der Waals surface area contributed by atoms with Gasteiger partial charge >= 0.3 is 0 Å². The number of anilines is 1. The Hall–Kier alpha value is -1.76. The van der Waals surface area contributed by atoms with Crippen LogP contribution in [-0.2, 0) is 0 Å². The number of halogens is 2. The number of pyridine rings is 1. The molecular weight excluding hydrogens is 339 g/mol. The minimum atomic E-state index is -0.306. The summed E-state index contributed by atoms with van der Waals surface area (Å²) < 4.78 is 20.1. The number of nitrogens with zero attached hydrogens (tertiary/aromatic N) is 4. The Morgan fingerprint density at radius 1 is 1.33 bits per heavy atom. The third-order valence-corrected chi connectivity index (χ3v) is 3.81. The second kappa shape index (κ2) is 6.34. The molecule has 1 aliphatic rings. The zero-order valence-electron chi connectivity index (χ0n) is 11.2. The van der Waals surface area contributed by atoms with E-state index in [4.69, 9.17) is 4.74 Å². The molecule has 0 radical (unpaired) electrons. The van der Waals surface area contributed by atoms with Crippen LogP contribution in [0.15, 0.2) is 35.3 Å². The minimum absolute atomic E-state index is 0.306. The van der Waals surface area contributed by atoms with Crippen molar-refractivity contribution in [3.63, 3.8) is 0 Å². The number of hydrogen-bond acceptors (Lipinski definition) is 5. The lowest BCUT2D eigenvalue weighted by molar-refractivity contribution is 0.251. The molecule has 3 heterocycles. The van der Waals surface area contributed by atoms with E-state index in [2.05, 4.69) is 30.9 Å². The van der Waals surface area contributed by atoms with Gasteiger partial charge in [-0.1, -0.05) is 0 Å². The average molecular weight is 353 g/mol. The summed E-state index contributed by atoms with van der Waals surface area (Å²) in [6.45, 7) is 2.05. The SMILES string of the molecule is Fc1cc(Br)cnc1N1CCC(COc2cnccn2)C1. The van der Waals surface area contributed by atoms with Crippen molar-refractivity contribution in [1.82, 2.24) is 15.0 Å². The molecule has 2 aromatic heterocycles. The lowest BCUT2D eigenvalue weighted by Gasteiger charge is -2.18. The second-order valence-corrected chi connectivity index (χ2v) is 5.83. The third kappa shape index (κ3) is 3.47. The summed E-state index contributed by atoms with van der Waals surface area (Å²) in [7, 11) is 0. The second-order valence-electron chi connectivity index (χ2n) is 4.91. The molecule has 1 atom stereocenters. The van der Waals surface area contributed by atoms with Crippen LogP contribution in [0.3, 0.4) is 0 Å². The summed E-state index contributed by atoms with van der Waals surface area (Å²) in [4.78, 5) is 14.1. The number of hydrogen-bond donors (Lipinski definition) is 0. The molecule has 2 aromatic rings. The zero-order chi connectivity index (χ0) is 14.7. The van der Waals surface area contributed by atoms with Gasteiger partial charge in [0, 0.05) is 42.1 Å². The topological polar surface area (TPSA) is 51.1 Å². The Kier molecular flexibility index (Phi) is 4.28. The number of ether oxygens (including phenoxy) is 1. The molecule has 0 N–H and O–H groups in total. The minimum Gasteiger partial charge on any atom is -0.476 e. The standard InChI is InChI=1S/C14H14BrFN4O/c15-11-5-12(16)14(19-6-11)20-4-1-10(8-20)9-21-13-7-17-2-3-18-13/h2-3,5-7,10H,1,4,8-9H2.